The molecule has 1 N–H and O–H groups in total. The monoisotopic (exact) mass is 799 g/mol. The van der Waals surface area contributed by atoms with Gasteiger partial charge in [0, 0.05) is 62.4 Å². The van der Waals surface area contributed by atoms with Gasteiger partial charge < -0.3 is 28.9 Å². The minimum absolute atomic E-state index is 0.0350. The fourth-order valence-corrected chi connectivity index (χ4v) is 10.2. The first kappa shape index (κ1) is 42.3. The summed E-state index contributed by atoms with van der Waals surface area (Å²) in [5.41, 5.74) is 3.21. The fourth-order valence-electron chi connectivity index (χ4n) is 8.16. The van der Waals surface area contributed by atoms with Gasteiger partial charge in [-0.15, -0.1) is 4.36 Å². The Labute approximate surface area is 332 Å². The molecule has 0 radical (unpaired) electrons. The average Bonchev–Trinajstić information content (AvgIpc) is 3.32. The van der Waals surface area contributed by atoms with Crippen LogP contribution in [0, 0.1) is 17.8 Å². The van der Waals surface area contributed by atoms with Crippen molar-refractivity contribution in [1.29, 1.82) is 0 Å². The lowest BCUT2D eigenvalue weighted by Gasteiger charge is -2.42. The van der Waals surface area contributed by atoms with Crippen LogP contribution in [0.1, 0.15) is 75.4 Å². The number of nitrogens with one attached hydrogen (secondary N) is 1. The lowest BCUT2D eigenvalue weighted by molar-refractivity contribution is 0.0743. The van der Waals surface area contributed by atoms with Gasteiger partial charge in [0.05, 0.1) is 31.3 Å². The number of aryl methyl sites for hydroxylation is 1. The van der Waals surface area contributed by atoms with Crippen LogP contribution in [-0.4, -0.2) is 104 Å². The summed E-state index contributed by atoms with van der Waals surface area (Å²) in [7, 11) is -0.547. The standard InChI is InChI=1S/C39H52ClN5O7S.C2H6/c1-26-8-6-10-34(50-4)28(3)27(2)22-45-24-39(15-7-9-29-20-31(40)12-13-32(29)39)25-52-35-14-11-30(21-33(35)45)36(46)41-53(49,23-26)42-37(47)43-16-18-44(19-17-43)38(48)51-5;1-2/h6,10-14,20-21,26-28,34H,7-9,15-19,22-25H2,1-5H3,(H,41,42,46,47,49);1-2H3/b10-6+;/t26-,27-,28+,34-,39-,53?;/m0./s1. The number of rotatable bonds is 2. The molecule has 6 rings (SSSR count). The van der Waals surface area contributed by atoms with E-state index in [0.29, 0.717) is 31.9 Å². The number of nitrogens with zero attached hydrogens (tertiary/aromatic N) is 4. The van der Waals surface area contributed by atoms with Gasteiger partial charge in [0.1, 0.15) is 15.7 Å². The third-order valence-corrected chi connectivity index (χ3v) is 13.5. The minimum Gasteiger partial charge on any atom is -0.490 e. The van der Waals surface area contributed by atoms with Gasteiger partial charge in [0.2, 0.25) is 0 Å². The second-order valence-electron chi connectivity index (χ2n) is 15.1. The van der Waals surface area contributed by atoms with E-state index in [4.69, 9.17) is 25.8 Å². The molecule has 14 heteroatoms. The first-order valence-electron chi connectivity index (χ1n) is 19.5. The van der Waals surface area contributed by atoms with Gasteiger partial charge in [0.25, 0.3) is 5.91 Å². The number of hydrogen-bond acceptors (Lipinski definition) is 8. The van der Waals surface area contributed by atoms with Crippen molar-refractivity contribution in [2.75, 3.05) is 70.7 Å². The molecule has 4 amide bonds. The lowest BCUT2D eigenvalue weighted by Crippen LogP contribution is -2.54. The van der Waals surface area contributed by atoms with Crippen molar-refractivity contribution in [2.45, 2.75) is 71.8 Å². The zero-order chi connectivity index (χ0) is 39.9. The molecule has 3 heterocycles. The number of carbonyl (C=O) groups excluding carboxylic acids is 3. The number of piperazine rings is 1. The number of carbonyl (C=O) groups is 3. The van der Waals surface area contributed by atoms with E-state index in [9.17, 15) is 18.6 Å². The Balaban J connectivity index is 0.00000285. The van der Waals surface area contributed by atoms with Crippen molar-refractivity contribution in [2.24, 2.45) is 22.1 Å². The zero-order valence-corrected chi connectivity index (χ0v) is 34.9. The summed E-state index contributed by atoms with van der Waals surface area (Å²) in [5, 5.41) is 0.722. The topological polar surface area (TPSA) is 130 Å². The number of urea groups is 1. The molecule has 1 saturated heterocycles. The molecule has 0 aromatic heterocycles. The Hall–Kier alpha value is -3.81. The second-order valence-corrected chi connectivity index (χ2v) is 17.6. The van der Waals surface area contributed by atoms with Crippen molar-refractivity contribution in [1.82, 2.24) is 14.5 Å². The molecule has 302 valence electrons. The molecule has 12 nitrogen and oxygen atoms in total. The average molecular weight is 800 g/mol. The summed E-state index contributed by atoms with van der Waals surface area (Å²) < 4.78 is 39.0. The molecule has 3 aliphatic heterocycles. The highest BCUT2D eigenvalue weighted by atomic mass is 35.5. The van der Waals surface area contributed by atoms with Crippen LogP contribution in [-0.2, 0) is 31.2 Å². The van der Waals surface area contributed by atoms with Crippen LogP contribution in [0.5, 0.6) is 5.75 Å². The summed E-state index contributed by atoms with van der Waals surface area (Å²) in [6, 6.07) is 10.8. The Morgan fingerprint density at radius 2 is 1.76 bits per heavy atom. The molecule has 2 aromatic carbocycles. The SMILES string of the molecule is CC.COC(=O)N1CCN(C(=O)NS2(=O)=NC(=O)c3ccc4c(c3)N(C[C@H](C)[C@@H](C)[C@@H](OC)/C=C/C[C@H](C)C2)C[C@@]2(CCCc3cc(Cl)ccc32)CO4)CC1. The van der Waals surface area contributed by atoms with Crippen LogP contribution < -0.4 is 14.4 Å². The number of ether oxygens (including phenoxy) is 3. The van der Waals surface area contributed by atoms with Crippen LogP contribution in [0.25, 0.3) is 0 Å². The Kier molecular flexibility index (Phi) is 14.2. The summed E-state index contributed by atoms with van der Waals surface area (Å²) in [6.07, 6.45) is 6.91. The normalized spacial score (nSPS) is 29.0. The molecule has 1 spiro atoms. The number of fused-ring (bicyclic) bond motifs is 3. The maximum atomic E-state index is 14.6. The molecule has 0 saturated carbocycles. The molecule has 6 atom stereocenters. The zero-order valence-electron chi connectivity index (χ0n) is 33.3. The summed E-state index contributed by atoms with van der Waals surface area (Å²) >= 11 is 6.45. The number of benzene rings is 2. The number of allylic oxidation sites excluding steroid dienone is 1. The van der Waals surface area contributed by atoms with Crippen molar-refractivity contribution in [3.63, 3.8) is 0 Å². The van der Waals surface area contributed by atoms with Crippen LogP contribution in [0.4, 0.5) is 15.3 Å². The number of anilines is 1. The largest absolute Gasteiger partial charge is 0.490 e. The van der Waals surface area contributed by atoms with E-state index in [1.54, 1.807) is 25.3 Å². The molecule has 55 heavy (non-hydrogen) atoms. The lowest BCUT2D eigenvalue weighted by atomic mass is 9.70. The highest BCUT2D eigenvalue weighted by Crippen LogP contribution is 2.45. The fraction of sp³-hybridized carbons (Fsp3) is 0.585. The Morgan fingerprint density at radius 1 is 1.04 bits per heavy atom. The molecule has 1 unspecified atom stereocenters. The first-order chi connectivity index (χ1) is 26.3. The Morgan fingerprint density at radius 3 is 2.47 bits per heavy atom. The molecule has 2 aromatic rings. The van der Waals surface area contributed by atoms with Crippen molar-refractivity contribution in [3.05, 3.63) is 70.3 Å². The van der Waals surface area contributed by atoms with E-state index in [1.165, 1.54) is 28.0 Å². The predicted octanol–water partition coefficient (Wildman–Crippen LogP) is 7.34. The van der Waals surface area contributed by atoms with Gasteiger partial charge in [0.15, 0.2) is 0 Å². The smallest absolute Gasteiger partial charge is 0.409 e. The van der Waals surface area contributed by atoms with Crippen LogP contribution >= 0.6 is 11.6 Å². The first-order valence-corrected chi connectivity index (χ1v) is 21.6. The molecular weight excluding hydrogens is 742 g/mol. The van der Waals surface area contributed by atoms with Gasteiger partial charge in [-0.3, -0.25) is 9.52 Å². The summed E-state index contributed by atoms with van der Waals surface area (Å²) in [5.74, 6) is 0.0953. The third kappa shape index (κ3) is 9.78. The number of halogens is 1. The highest BCUT2D eigenvalue weighted by Gasteiger charge is 2.42. The van der Waals surface area contributed by atoms with Crippen molar-refractivity contribution >= 4 is 45.2 Å². The van der Waals surface area contributed by atoms with Crippen LogP contribution in [0.15, 0.2) is 52.9 Å². The summed E-state index contributed by atoms with van der Waals surface area (Å²) in [4.78, 5) is 44.8. The Bertz CT molecular complexity index is 1860. The third-order valence-electron chi connectivity index (χ3n) is 11.3. The van der Waals surface area contributed by atoms with E-state index < -0.39 is 27.9 Å². The van der Waals surface area contributed by atoms with Gasteiger partial charge in [-0.05, 0) is 84.9 Å². The predicted molar refractivity (Wildman–Crippen MR) is 217 cm³/mol. The highest BCUT2D eigenvalue weighted by molar-refractivity contribution is 7.92. The van der Waals surface area contributed by atoms with Gasteiger partial charge >= 0.3 is 12.1 Å². The van der Waals surface area contributed by atoms with Gasteiger partial charge in [-0.25, -0.2) is 13.8 Å². The maximum absolute atomic E-state index is 14.6. The van der Waals surface area contributed by atoms with Crippen LogP contribution in [0.3, 0.4) is 0 Å². The van der Waals surface area contributed by atoms with E-state index in [0.717, 1.165) is 30.0 Å². The molecule has 1 fully saturated rings. The second kappa shape index (κ2) is 18.4. The summed E-state index contributed by atoms with van der Waals surface area (Å²) in [6.45, 7) is 13.2. The van der Waals surface area contributed by atoms with E-state index >= 15 is 0 Å². The van der Waals surface area contributed by atoms with Gasteiger partial charge in [-0.2, -0.15) is 0 Å². The maximum Gasteiger partial charge on any atom is 0.409 e. The number of amides is 4. The molecule has 1 aliphatic carbocycles. The van der Waals surface area contributed by atoms with E-state index in [2.05, 4.69) is 46.0 Å². The molecule has 2 bridgehead atoms. The van der Waals surface area contributed by atoms with Crippen LogP contribution in [0.2, 0.25) is 5.02 Å². The molecular formula is C41H58ClN5O7S. The minimum atomic E-state index is -3.58. The van der Waals surface area contributed by atoms with Gasteiger partial charge in [-0.1, -0.05) is 64.4 Å². The number of methoxy groups -OCH3 is 2. The van der Waals surface area contributed by atoms with Crippen molar-refractivity contribution < 1.29 is 32.8 Å². The van der Waals surface area contributed by atoms with Crippen molar-refractivity contribution in [3.8, 4) is 5.75 Å². The number of hydrogen-bond donors (Lipinski definition) is 1. The van der Waals surface area contributed by atoms with E-state index in [1.807, 2.05) is 32.9 Å². The van der Waals surface area contributed by atoms with E-state index in [-0.39, 0.29) is 66.8 Å². The quantitative estimate of drug-likeness (QED) is 0.313. The molecule has 4 aliphatic rings.